The Morgan fingerprint density at radius 3 is 2.57 bits per heavy atom. The lowest BCUT2D eigenvalue weighted by Gasteiger charge is -2.43. The summed E-state index contributed by atoms with van der Waals surface area (Å²) in [5.74, 6) is 0. The van der Waals surface area contributed by atoms with Gasteiger partial charge in [0.1, 0.15) is 0 Å². The van der Waals surface area contributed by atoms with E-state index in [1.54, 1.807) is 0 Å². The van der Waals surface area contributed by atoms with Crippen LogP contribution >= 0.6 is 11.6 Å². The molecule has 1 atom stereocenters. The monoisotopic (exact) mass is 309 g/mol. The molecule has 3 heteroatoms. The second kappa shape index (κ2) is 7.62. The summed E-state index contributed by atoms with van der Waals surface area (Å²) in [6.07, 6.45) is 7.08. The Morgan fingerprint density at radius 2 is 2.00 bits per heavy atom. The highest BCUT2D eigenvalue weighted by atomic mass is 35.5. The lowest BCUT2D eigenvalue weighted by molar-refractivity contribution is -0.0883. The number of hydrogen-bond acceptors (Lipinski definition) is 2. The van der Waals surface area contributed by atoms with Gasteiger partial charge in [0.2, 0.25) is 0 Å². The van der Waals surface area contributed by atoms with Crippen LogP contribution in [0, 0.1) is 6.92 Å². The van der Waals surface area contributed by atoms with Crippen LogP contribution in [-0.4, -0.2) is 25.3 Å². The third kappa shape index (κ3) is 4.00. The largest absolute Gasteiger partial charge is 0.374 e. The molecule has 1 aromatic carbocycles. The molecule has 0 saturated heterocycles. The summed E-state index contributed by atoms with van der Waals surface area (Å²) in [6, 6.07) is 6.67. The van der Waals surface area contributed by atoms with Crippen molar-refractivity contribution in [3.63, 3.8) is 0 Å². The predicted molar refractivity (Wildman–Crippen MR) is 90.2 cm³/mol. The van der Waals surface area contributed by atoms with Gasteiger partial charge in [-0.15, -0.1) is 0 Å². The molecule has 0 bridgehead atoms. The van der Waals surface area contributed by atoms with E-state index >= 15 is 0 Å². The molecule has 0 aliphatic heterocycles. The van der Waals surface area contributed by atoms with Crippen LogP contribution in [0.1, 0.15) is 50.2 Å². The van der Waals surface area contributed by atoms with Gasteiger partial charge in [-0.25, -0.2) is 0 Å². The summed E-state index contributed by atoms with van der Waals surface area (Å²) >= 11 is 6.42. The fraction of sp³-hybridized carbons (Fsp3) is 0.667. The van der Waals surface area contributed by atoms with Crippen molar-refractivity contribution < 1.29 is 4.74 Å². The van der Waals surface area contributed by atoms with Crippen molar-refractivity contribution in [2.75, 3.05) is 13.7 Å². The minimum Gasteiger partial charge on any atom is -0.374 e. The fourth-order valence-electron chi connectivity index (χ4n) is 3.62. The lowest BCUT2D eigenvalue weighted by Crippen LogP contribution is -2.53. The van der Waals surface area contributed by atoms with Crippen LogP contribution < -0.4 is 5.32 Å². The van der Waals surface area contributed by atoms with Gasteiger partial charge in [-0.1, -0.05) is 43.0 Å². The molecule has 1 aliphatic carbocycles. The first kappa shape index (κ1) is 16.8. The molecular formula is C18H28ClNO. The second-order valence-electron chi connectivity index (χ2n) is 6.20. The van der Waals surface area contributed by atoms with Gasteiger partial charge in [-0.2, -0.15) is 0 Å². The molecule has 0 radical (unpaired) electrons. The molecule has 2 nitrogen and oxygen atoms in total. The van der Waals surface area contributed by atoms with Gasteiger partial charge in [0.25, 0.3) is 0 Å². The van der Waals surface area contributed by atoms with E-state index in [2.05, 4.69) is 37.4 Å². The quantitative estimate of drug-likeness (QED) is 0.834. The summed E-state index contributed by atoms with van der Waals surface area (Å²) < 4.78 is 6.25. The number of hydrogen-bond donors (Lipinski definition) is 1. The smallest absolute Gasteiger partial charge is 0.0837 e. The molecule has 1 fully saturated rings. The molecule has 2 rings (SSSR count). The van der Waals surface area contributed by atoms with Gasteiger partial charge in [-0.05, 0) is 57.4 Å². The van der Waals surface area contributed by atoms with Crippen LogP contribution in [0.3, 0.4) is 0 Å². The first-order valence-corrected chi connectivity index (χ1v) is 8.55. The predicted octanol–water partition coefficient (Wildman–Crippen LogP) is 4.52. The van der Waals surface area contributed by atoms with Gasteiger partial charge in [0, 0.05) is 17.7 Å². The average molecular weight is 310 g/mol. The van der Waals surface area contributed by atoms with E-state index < -0.39 is 0 Å². The summed E-state index contributed by atoms with van der Waals surface area (Å²) in [7, 11) is 2.04. The van der Waals surface area contributed by atoms with E-state index in [4.69, 9.17) is 16.3 Å². The fourth-order valence-corrected chi connectivity index (χ4v) is 3.93. The van der Waals surface area contributed by atoms with E-state index in [9.17, 15) is 0 Å². The SMILES string of the molecule is CCOC1(C(Cc2ccc(C)cc2Cl)NC)CCCCC1. The Bertz CT molecular complexity index is 449. The Labute approximate surface area is 134 Å². The number of benzene rings is 1. The van der Waals surface area contributed by atoms with Crippen molar-refractivity contribution in [1.29, 1.82) is 0 Å². The summed E-state index contributed by atoms with van der Waals surface area (Å²) in [5.41, 5.74) is 2.39. The standard InChI is InChI=1S/C18H28ClNO/c1-4-21-18(10-6-5-7-11-18)17(20-3)13-15-9-8-14(2)12-16(15)19/h8-9,12,17,20H,4-7,10-11,13H2,1-3H3. The first-order chi connectivity index (χ1) is 10.1. The van der Waals surface area contributed by atoms with Crippen molar-refractivity contribution in [3.05, 3.63) is 34.3 Å². The van der Waals surface area contributed by atoms with Crippen LogP contribution in [0.15, 0.2) is 18.2 Å². The molecule has 0 heterocycles. The maximum atomic E-state index is 6.42. The average Bonchev–Trinajstić information content (AvgIpc) is 2.47. The third-order valence-electron chi connectivity index (χ3n) is 4.75. The minimum atomic E-state index is -0.0318. The van der Waals surface area contributed by atoms with Crippen molar-refractivity contribution >= 4 is 11.6 Å². The summed E-state index contributed by atoms with van der Waals surface area (Å²) in [4.78, 5) is 0. The van der Waals surface area contributed by atoms with Crippen LogP contribution in [0.2, 0.25) is 5.02 Å². The van der Waals surface area contributed by atoms with E-state index in [1.807, 2.05) is 7.05 Å². The Balaban J connectivity index is 2.20. The number of rotatable bonds is 6. The highest BCUT2D eigenvalue weighted by Crippen LogP contribution is 2.36. The van der Waals surface area contributed by atoms with Gasteiger partial charge in [0.05, 0.1) is 5.60 Å². The van der Waals surface area contributed by atoms with Gasteiger partial charge >= 0.3 is 0 Å². The maximum absolute atomic E-state index is 6.42. The zero-order chi connectivity index (χ0) is 15.3. The summed E-state index contributed by atoms with van der Waals surface area (Å²) in [6.45, 7) is 4.95. The zero-order valence-electron chi connectivity index (χ0n) is 13.5. The van der Waals surface area contributed by atoms with Gasteiger partial charge in [-0.3, -0.25) is 0 Å². The second-order valence-corrected chi connectivity index (χ2v) is 6.61. The van der Waals surface area contributed by atoms with Gasteiger partial charge < -0.3 is 10.1 Å². The molecule has 1 unspecified atom stereocenters. The first-order valence-electron chi connectivity index (χ1n) is 8.17. The number of ether oxygens (including phenoxy) is 1. The van der Waals surface area contributed by atoms with Crippen molar-refractivity contribution in [1.82, 2.24) is 5.32 Å². The molecule has 1 aliphatic rings. The van der Waals surface area contributed by atoms with Crippen molar-refractivity contribution in [3.8, 4) is 0 Å². The zero-order valence-corrected chi connectivity index (χ0v) is 14.3. The minimum absolute atomic E-state index is 0.0318. The molecule has 1 aromatic rings. The molecule has 1 N–H and O–H groups in total. The molecule has 0 aromatic heterocycles. The normalized spacial score (nSPS) is 19.4. The van der Waals surface area contributed by atoms with E-state index in [0.29, 0.717) is 6.04 Å². The Morgan fingerprint density at radius 1 is 1.29 bits per heavy atom. The molecule has 118 valence electrons. The van der Waals surface area contributed by atoms with E-state index in [0.717, 1.165) is 30.9 Å². The number of likely N-dealkylation sites (N-methyl/N-ethyl adjacent to an activating group) is 1. The van der Waals surface area contributed by atoms with Crippen LogP contribution in [0.25, 0.3) is 0 Å². The highest BCUT2D eigenvalue weighted by Gasteiger charge is 2.40. The topological polar surface area (TPSA) is 21.3 Å². The third-order valence-corrected chi connectivity index (χ3v) is 5.10. The number of nitrogens with one attached hydrogen (secondary N) is 1. The molecule has 0 spiro atoms. The molecular weight excluding hydrogens is 282 g/mol. The van der Waals surface area contributed by atoms with Crippen LogP contribution in [-0.2, 0) is 11.2 Å². The van der Waals surface area contributed by atoms with Crippen LogP contribution in [0.4, 0.5) is 0 Å². The number of halogens is 1. The summed E-state index contributed by atoms with van der Waals surface area (Å²) in [5, 5.41) is 4.38. The van der Waals surface area contributed by atoms with Crippen molar-refractivity contribution in [2.24, 2.45) is 0 Å². The van der Waals surface area contributed by atoms with E-state index in [-0.39, 0.29) is 5.60 Å². The highest BCUT2D eigenvalue weighted by molar-refractivity contribution is 6.31. The maximum Gasteiger partial charge on any atom is 0.0837 e. The molecule has 0 amide bonds. The molecule has 21 heavy (non-hydrogen) atoms. The Kier molecular flexibility index (Phi) is 6.09. The number of aryl methyl sites for hydroxylation is 1. The van der Waals surface area contributed by atoms with E-state index in [1.165, 1.54) is 30.4 Å². The Hall–Kier alpha value is -0.570. The lowest BCUT2D eigenvalue weighted by atomic mass is 9.77. The van der Waals surface area contributed by atoms with Gasteiger partial charge in [0.15, 0.2) is 0 Å². The van der Waals surface area contributed by atoms with Crippen LogP contribution in [0.5, 0.6) is 0 Å². The molecule has 1 saturated carbocycles. The van der Waals surface area contributed by atoms with Crippen molar-refractivity contribution in [2.45, 2.75) is 64.0 Å².